The van der Waals surface area contributed by atoms with Crippen LogP contribution in [0.4, 0.5) is 0 Å². The van der Waals surface area contributed by atoms with Gasteiger partial charge in [0.25, 0.3) is 0 Å². The zero-order valence-corrected chi connectivity index (χ0v) is 20.3. The predicted molar refractivity (Wildman–Crippen MR) is 129 cm³/mol. The number of carbonyl (C=O) groups is 3. The van der Waals surface area contributed by atoms with E-state index in [0.29, 0.717) is 37.9 Å². The van der Waals surface area contributed by atoms with Gasteiger partial charge in [0.05, 0.1) is 10.0 Å². The molecule has 1 heterocycles. The number of aromatic amines is 1. The second kappa shape index (κ2) is 9.63. The van der Waals surface area contributed by atoms with E-state index in [1.165, 1.54) is 4.90 Å². The molecule has 3 N–H and O–H groups in total. The Morgan fingerprint density at radius 1 is 1.12 bits per heavy atom. The molecule has 10 heteroatoms. The molecule has 3 rings (SSSR count). The fourth-order valence-corrected chi connectivity index (χ4v) is 4.06. The molecule has 0 aliphatic carbocycles. The maximum atomic E-state index is 13.5. The summed E-state index contributed by atoms with van der Waals surface area (Å²) in [6.45, 7) is 5.36. The van der Waals surface area contributed by atoms with Gasteiger partial charge in [-0.05, 0) is 50.6 Å². The molecule has 0 aliphatic heterocycles. The van der Waals surface area contributed by atoms with Crippen LogP contribution in [0, 0.1) is 0 Å². The molecular weight excluding hydrogens is 489 g/mol. The van der Waals surface area contributed by atoms with Gasteiger partial charge in [0.2, 0.25) is 12.3 Å². The molecule has 0 radical (unpaired) electrons. The van der Waals surface area contributed by atoms with Crippen LogP contribution in [-0.2, 0) is 16.1 Å². The summed E-state index contributed by atoms with van der Waals surface area (Å²) in [5, 5.41) is 14.2. The maximum Gasteiger partial charge on any atom is 0.352 e. The highest BCUT2D eigenvalue weighted by molar-refractivity contribution is 6.42. The van der Waals surface area contributed by atoms with Crippen molar-refractivity contribution in [1.29, 1.82) is 0 Å². The van der Waals surface area contributed by atoms with Crippen molar-refractivity contribution in [3.8, 4) is 0 Å². The number of nitrogens with zero attached hydrogens (tertiary/aromatic N) is 1. The lowest BCUT2D eigenvalue weighted by Crippen LogP contribution is -2.47. The highest BCUT2D eigenvalue weighted by Crippen LogP contribution is 2.35. The number of rotatable bonds is 7. The van der Waals surface area contributed by atoms with Crippen molar-refractivity contribution in [3.63, 3.8) is 0 Å². The van der Waals surface area contributed by atoms with E-state index in [1.807, 2.05) is 0 Å². The van der Waals surface area contributed by atoms with Gasteiger partial charge >= 0.3 is 5.97 Å². The van der Waals surface area contributed by atoms with Crippen molar-refractivity contribution in [2.45, 2.75) is 38.9 Å². The molecule has 174 valence electrons. The Bertz CT molecular complexity index is 1230. The zero-order chi connectivity index (χ0) is 24.5. The highest BCUT2D eigenvalue weighted by Gasteiger charge is 2.35. The quantitative estimate of drug-likeness (QED) is 0.368. The van der Waals surface area contributed by atoms with E-state index in [-0.39, 0.29) is 17.8 Å². The Morgan fingerprint density at radius 3 is 2.39 bits per heavy atom. The van der Waals surface area contributed by atoms with E-state index >= 15 is 0 Å². The Morgan fingerprint density at radius 2 is 1.82 bits per heavy atom. The summed E-state index contributed by atoms with van der Waals surface area (Å²) in [6.07, 6.45) is 0.510. The number of halogens is 3. The lowest BCUT2D eigenvalue weighted by atomic mass is 9.98. The molecule has 2 amide bonds. The van der Waals surface area contributed by atoms with Gasteiger partial charge in [-0.2, -0.15) is 0 Å². The maximum absolute atomic E-state index is 13.5. The Balaban J connectivity index is 2.20. The number of carboxylic acids is 1. The number of hydrogen-bond acceptors (Lipinski definition) is 3. The van der Waals surface area contributed by atoms with Crippen LogP contribution in [0.25, 0.3) is 10.9 Å². The van der Waals surface area contributed by atoms with E-state index in [2.05, 4.69) is 10.3 Å². The Labute approximate surface area is 205 Å². The summed E-state index contributed by atoms with van der Waals surface area (Å²) in [4.78, 5) is 41.9. The number of amides is 2. The van der Waals surface area contributed by atoms with Crippen LogP contribution < -0.4 is 5.32 Å². The smallest absolute Gasteiger partial charge is 0.352 e. The molecule has 7 nitrogen and oxygen atoms in total. The summed E-state index contributed by atoms with van der Waals surface area (Å²) in [6, 6.07) is 8.38. The van der Waals surface area contributed by atoms with Gasteiger partial charge in [0, 0.05) is 33.6 Å². The number of aromatic nitrogens is 1. The second-order valence-electron chi connectivity index (χ2n) is 8.58. The van der Waals surface area contributed by atoms with Crippen LogP contribution in [0.15, 0.2) is 36.4 Å². The minimum atomic E-state index is -1.27. The average Bonchev–Trinajstić information content (AvgIpc) is 3.07. The normalized spacial score (nSPS) is 12.4. The van der Waals surface area contributed by atoms with Gasteiger partial charge in [0.15, 0.2) is 0 Å². The van der Waals surface area contributed by atoms with E-state index in [0.717, 1.165) is 0 Å². The fourth-order valence-electron chi connectivity index (χ4n) is 3.57. The van der Waals surface area contributed by atoms with E-state index in [4.69, 9.17) is 34.8 Å². The van der Waals surface area contributed by atoms with Crippen molar-refractivity contribution in [3.05, 3.63) is 68.3 Å². The monoisotopic (exact) mass is 509 g/mol. The summed E-state index contributed by atoms with van der Waals surface area (Å²) in [7, 11) is 0. The Kier molecular flexibility index (Phi) is 7.26. The molecule has 1 atom stereocenters. The van der Waals surface area contributed by atoms with E-state index in [1.54, 1.807) is 57.2 Å². The number of H-pyrrole nitrogens is 1. The van der Waals surface area contributed by atoms with Crippen LogP contribution in [0.1, 0.15) is 48.4 Å². The summed E-state index contributed by atoms with van der Waals surface area (Å²) >= 11 is 18.2. The van der Waals surface area contributed by atoms with Crippen molar-refractivity contribution in [2.24, 2.45) is 0 Å². The molecule has 0 aliphatic rings. The summed E-state index contributed by atoms with van der Waals surface area (Å²) in [5.74, 6) is -1.81. The van der Waals surface area contributed by atoms with Gasteiger partial charge in [-0.1, -0.05) is 46.9 Å². The third-order valence-electron chi connectivity index (χ3n) is 4.85. The van der Waals surface area contributed by atoms with E-state index < -0.39 is 23.5 Å². The molecular formula is C23H22Cl3N3O4. The number of fused-ring (bicyclic) bond motifs is 1. The summed E-state index contributed by atoms with van der Waals surface area (Å²) in [5.41, 5.74) is 0.366. The molecule has 3 aromatic rings. The third kappa shape index (κ3) is 5.61. The van der Waals surface area contributed by atoms with E-state index in [9.17, 15) is 19.5 Å². The molecule has 2 aromatic carbocycles. The molecule has 0 bridgehead atoms. The molecule has 0 spiro atoms. The van der Waals surface area contributed by atoms with Gasteiger partial charge in [-0.25, -0.2) is 4.79 Å². The van der Waals surface area contributed by atoms with Crippen LogP contribution in [0.5, 0.6) is 0 Å². The van der Waals surface area contributed by atoms with Crippen molar-refractivity contribution >= 4 is 64.0 Å². The molecule has 0 saturated carbocycles. The number of aromatic carboxylic acids is 1. The summed E-state index contributed by atoms with van der Waals surface area (Å²) < 4.78 is 0. The molecule has 1 aromatic heterocycles. The van der Waals surface area contributed by atoms with Crippen molar-refractivity contribution in [1.82, 2.24) is 15.2 Å². The van der Waals surface area contributed by atoms with Crippen LogP contribution >= 0.6 is 34.8 Å². The van der Waals surface area contributed by atoms with Crippen LogP contribution in [-0.4, -0.2) is 38.8 Å². The number of benzene rings is 2. The SMILES string of the molecule is CC(C)(C)NC(=O)C(c1c(C(=O)O)[nH]c2cc(Cl)ccc12)N(C=O)Cc1ccc(Cl)c(Cl)c1. The minimum Gasteiger partial charge on any atom is -0.477 e. The topological polar surface area (TPSA) is 102 Å². The first-order valence-corrected chi connectivity index (χ1v) is 11.1. The third-order valence-corrected chi connectivity index (χ3v) is 5.82. The Hall–Kier alpha value is -2.74. The zero-order valence-electron chi connectivity index (χ0n) is 18.1. The van der Waals surface area contributed by atoms with Gasteiger partial charge in [0.1, 0.15) is 11.7 Å². The number of carboxylic acid groups (broad SMARTS) is 1. The molecule has 0 saturated heterocycles. The van der Waals surface area contributed by atoms with Gasteiger partial charge in [-0.3, -0.25) is 9.59 Å². The molecule has 33 heavy (non-hydrogen) atoms. The first kappa shape index (κ1) is 24.9. The van der Waals surface area contributed by atoms with Crippen molar-refractivity contribution < 1.29 is 19.5 Å². The van der Waals surface area contributed by atoms with Crippen LogP contribution in [0.3, 0.4) is 0 Å². The average molecular weight is 511 g/mol. The first-order valence-electron chi connectivity index (χ1n) is 9.92. The minimum absolute atomic E-state index is 0.0120. The van der Waals surface area contributed by atoms with Crippen LogP contribution in [0.2, 0.25) is 15.1 Å². The first-order chi connectivity index (χ1) is 15.4. The second-order valence-corrected chi connectivity index (χ2v) is 9.83. The lowest BCUT2D eigenvalue weighted by molar-refractivity contribution is -0.134. The predicted octanol–water partition coefficient (Wildman–Crippen LogP) is 5.44. The fraction of sp³-hybridized carbons (Fsp3) is 0.261. The standard InChI is InChI=1S/C23H22Cl3N3O4/c1-23(2,3)28-21(31)20(29(11-30)10-12-4-7-15(25)16(26)8-12)18-14-6-5-13(24)9-17(14)27-19(18)22(32)33/h4-9,11,20,27H,10H2,1-3H3,(H,28,31)(H,32,33). The number of nitrogens with one attached hydrogen (secondary N) is 2. The highest BCUT2D eigenvalue weighted by atomic mass is 35.5. The number of carbonyl (C=O) groups excluding carboxylic acids is 2. The van der Waals surface area contributed by atoms with Crippen molar-refractivity contribution in [2.75, 3.05) is 0 Å². The largest absolute Gasteiger partial charge is 0.477 e. The number of hydrogen-bond donors (Lipinski definition) is 3. The molecule has 0 fully saturated rings. The molecule has 1 unspecified atom stereocenters. The van der Waals surface area contributed by atoms with Gasteiger partial charge in [-0.15, -0.1) is 0 Å². The van der Waals surface area contributed by atoms with Gasteiger partial charge < -0.3 is 20.3 Å². The lowest BCUT2D eigenvalue weighted by Gasteiger charge is -2.31.